The lowest BCUT2D eigenvalue weighted by Crippen LogP contribution is -2.20. The monoisotopic (exact) mass is 277 g/mol. The maximum Gasteiger partial charge on any atom is 0.122 e. The van der Waals surface area contributed by atoms with Crippen LogP contribution >= 0.6 is 11.3 Å². The van der Waals surface area contributed by atoms with Gasteiger partial charge >= 0.3 is 0 Å². The van der Waals surface area contributed by atoms with Gasteiger partial charge in [-0.25, -0.2) is 4.98 Å². The molecule has 3 nitrogen and oxygen atoms in total. The average molecular weight is 277 g/mol. The van der Waals surface area contributed by atoms with Crippen molar-refractivity contribution in [3.05, 3.63) is 40.1 Å². The molecule has 0 spiro atoms. The lowest BCUT2D eigenvalue weighted by Gasteiger charge is -2.14. The highest BCUT2D eigenvalue weighted by atomic mass is 32.1. The summed E-state index contributed by atoms with van der Waals surface area (Å²) in [7, 11) is 0. The van der Waals surface area contributed by atoms with Crippen LogP contribution in [0, 0.1) is 12.8 Å². The van der Waals surface area contributed by atoms with Crippen molar-refractivity contribution in [3.8, 4) is 0 Å². The van der Waals surface area contributed by atoms with E-state index in [0.717, 1.165) is 18.9 Å². The number of nitrogens with one attached hydrogen (secondary N) is 1. The molecule has 0 fully saturated rings. The van der Waals surface area contributed by atoms with Crippen molar-refractivity contribution in [2.45, 2.75) is 46.8 Å². The average Bonchev–Trinajstić information content (AvgIpc) is 2.95. The van der Waals surface area contributed by atoms with Gasteiger partial charge in [-0.05, 0) is 31.9 Å². The molecule has 19 heavy (non-hydrogen) atoms. The zero-order valence-corrected chi connectivity index (χ0v) is 13.0. The molecule has 0 unspecified atom stereocenters. The van der Waals surface area contributed by atoms with Crippen molar-refractivity contribution in [2.75, 3.05) is 0 Å². The van der Waals surface area contributed by atoms with Crippen molar-refractivity contribution in [1.29, 1.82) is 0 Å². The summed E-state index contributed by atoms with van der Waals surface area (Å²) in [6.45, 7) is 10.7. The Labute approximate surface area is 119 Å². The molecular formula is C15H23N3S. The minimum Gasteiger partial charge on any atom is -0.334 e. The molecule has 0 amide bonds. The van der Waals surface area contributed by atoms with Crippen LogP contribution in [0.5, 0.6) is 0 Å². The van der Waals surface area contributed by atoms with Crippen molar-refractivity contribution >= 4 is 11.3 Å². The van der Waals surface area contributed by atoms with Crippen LogP contribution in [0.1, 0.15) is 42.4 Å². The molecule has 1 atom stereocenters. The lowest BCUT2D eigenvalue weighted by molar-refractivity contribution is 0.484. The van der Waals surface area contributed by atoms with Crippen molar-refractivity contribution < 1.29 is 0 Å². The maximum atomic E-state index is 4.44. The Morgan fingerprint density at radius 1 is 1.32 bits per heavy atom. The summed E-state index contributed by atoms with van der Waals surface area (Å²) in [5.74, 6) is 1.76. The van der Waals surface area contributed by atoms with E-state index >= 15 is 0 Å². The molecule has 1 N–H and O–H groups in total. The summed E-state index contributed by atoms with van der Waals surface area (Å²) in [6.07, 6.45) is 3.95. The number of aryl methyl sites for hydroxylation is 1. The third kappa shape index (κ3) is 3.91. The molecule has 2 heterocycles. The molecule has 104 valence electrons. The first-order valence-corrected chi connectivity index (χ1v) is 7.67. The van der Waals surface area contributed by atoms with E-state index in [1.54, 1.807) is 0 Å². The second kappa shape index (κ2) is 6.35. The predicted octanol–water partition coefficient (Wildman–Crippen LogP) is 3.76. The van der Waals surface area contributed by atoms with Crippen LogP contribution in [0.15, 0.2) is 24.5 Å². The third-order valence-electron chi connectivity index (χ3n) is 3.12. The second-order valence-corrected chi connectivity index (χ2v) is 6.76. The van der Waals surface area contributed by atoms with Crippen molar-refractivity contribution in [3.63, 3.8) is 0 Å². The molecule has 2 rings (SSSR count). The lowest BCUT2D eigenvalue weighted by atomic mass is 10.2. The Hall–Kier alpha value is -1.13. The van der Waals surface area contributed by atoms with E-state index in [1.165, 1.54) is 9.75 Å². The summed E-state index contributed by atoms with van der Waals surface area (Å²) in [5, 5.41) is 3.56. The standard InChI is InChI=1S/C15H23N3S/c1-11(2)10-18-8-7-16-15(18)9-17-13(4)14-6-5-12(3)19-14/h5-8,11,13,17H,9-10H2,1-4H3/t13-/m1/s1. The Bertz CT molecular complexity index is 513. The highest BCUT2D eigenvalue weighted by Crippen LogP contribution is 2.22. The Kier molecular flexibility index (Phi) is 4.77. The minimum absolute atomic E-state index is 0.378. The topological polar surface area (TPSA) is 29.9 Å². The Balaban J connectivity index is 1.93. The molecule has 2 aromatic heterocycles. The normalized spacial score (nSPS) is 13.1. The van der Waals surface area contributed by atoms with Crippen LogP contribution in [-0.2, 0) is 13.1 Å². The Morgan fingerprint density at radius 3 is 2.74 bits per heavy atom. The molecule has 0 aliphatic heterocycles. The van der Waals surface area contributed by atoms with Gasteiger partial charge in [-0.2, -0.15) is 0 Å². The van der Waals surface area contributed by atoms with E-state index in [1.807, 2.05) is 17.5 Å². The molecule has 0 bridgehead atoms. The van der Waals surface area contributed by atoms with Gasteiger partial charge in [0.1, 0.15) is 5.82 Å². The van der Waals surface area contributed by atoms with E-state index in [-0.39, 0.29) is 0 Å². The first kappa shape index (κ1) is 14.3. The number of hydrogen-bond donors (Lipinski definition) is 1. The molecule has 0 aliphatic carbocycles. The number of rotatable bonds is 6. The highest BCUT2D eigenvalue weighted by molar-refractivity contribution is 7.12. The van der Waals surface area contributed by atoms with Crippen molar-refractivity contribution in [2.24, 2.45) is 5.92 Å². The number of thiophene rings is 1. The van der Waals surface area contributed by atoms with Crippen LogP contribution in [0.4, 0.5) is 0 Å². The second-order valence-electron chi connectivity index (χ2n) is 5.44. The minimum atomic E-state index is 0.378. The van der Waals surface area contributed by atoms with Gasteiger partial charge in [-0.3, -0.25) is 0 Å². The molecule has 2 aromatic rings. The summed E-state index contributed by atoms with van der Waals surface area (Å²) in [6, 6.07) is 4.76. The first-order chi connectivity index (χ1) is 9.06. The van der Waals surface area contributed by atoms with Gasteiger partial charge in [0.15, 0.2) is 0 Å². The number of imidazole rings is 1. The van der Waals surface area contributed by atoms with Gasteiger partial charge < -0.3 is 9.88 Å². The molecule has 0 aliphatic rings. The fourth-order valence-corrected chi connectivity index (χ4v) is 3.00. The number of nitrogens with zero attached hydrogens (tertiary/aromatic N) is 2. The van der Waals surface area contributed by atoms with Gasteiger partial charge in [0, 0.05) is 34.7 Å². The fourth-order valence-electron chi connectivity index (χ4n) is 2.10. The molecule has 0 saturated heterocycles. The smallest absolute Gasteiger partial charge is 0.122 e. The van der Waals surface area contributed by atoms with Gasteiger partial charge in [0.2, 0.25) is 0 Å². The van der Waals surface area contributed by atoms with E-state index in [9.17, 15) is 0 Å². The molecular weight excluding hydrogens is 254 g/mol. The van der Waals surface area contributed by atoms with E-state index in [4.69, 9.17) is 0 Å². The van der Waals surface area contributed by atoms with Crippen LogP contribution in [0.3, 0.4) is 0 Å². The first-order valence-electron chi connectivity index (χ1n) is 6.86. The van der Waals surface area contributed by atoms with E-state index in [0.29, 0.717) is 12.0 Å². The SMILES string of the molecule is Cc1ccc([C@@H](C)NCc2nccn2CC(C)C)s1. The summed E-state index contributed by atoms with van der Waals surface area (Å²) < 4.78 is 2.24. The van der Waals surface area contributed by atoms with Gasteiger partial charge in [-0.1, -0.05) is 13.8 Å². The molecule has 0 radical (unpaired) electrons. The molecule has 4 heteroatoms. The highest BCUT2D eigenvalue weighted by Gasteiger charge is 2.09. The quantitative estimate of drug-likeness (QED) is 0.871. The van der Waals surface area contributed by atoms with E-state index in [2.05, 4.69) is 60.9 Å². The fraction of sp³-hybridized carbons (Fsp3) is 0.533. The predicted molar refractivity (Wildman–Crippen MR) is 81.4 cm³/mol. The molecule has 0 saturated carbocycles. The molecule has 0 aromatic carbocycles. The van der Waals surface area contributed by atoms with Crippen LogP contribution in [0.2, 0.25) is 0 Å². The Morgan fingerprint density at radius 2 is 2.11 bits per heavy atom. The van der Waals surface area contributed by atoms with Crippen LogP contribution in [-0.4, -0.2) is 9.55 Å². The number of hydrogen-bond acceptors (Lipinski definition) is 3. The van der Waals surface area contributed by atoms with Crippen molar-refractivity contribution in [1.82, 2.24) is 14.9 Å². The zero-order chi connectivity index (χ0) is 13.8. The summed E-state index contributed by atoms with van der Waals surface area (Å²) in [5.41, 5.74) is 0. The van der Waals surface area contributed by atoms with Gasteiger partial charge in [-0.15, -0.1) is 11.3 Å². The van der Waals surface area contributed by atoms with Crippen LogP contribution < -0.4 is 5.32 Å². The zero-order valence-electron chi connectivity index (χ0n) is 12.2. The summed E-state index contributed by atoms with van der Waals surface area (Å²) >= 11 is 1.86. The third-order valence-corrected chi connectivity index (χ3v) is 4.30. The van der Waals surface area contributed by atoms with E-state index < -0.39 is 0 Å². The maximum absolute atomic E-state index is 4.44. The summed E-state index contributed by atoms with van der Waals surface area (Å²) in [4.78, 5) is 7.20. The van der Waals surface area contributed by atoms with Crippen LogP contribution in [0.25, 0.3) is 0 Å². The number of aromatic nitrogens is 2. The largest absolute Gasteiger partial charge is 0.334 e. The van der Waals surface area contributed by atoms with Gasteiger partial charge in [0.25, 0.3) is 0 Å². The van der Waals surface area contributed by atoms with Gasteiger partial charge in [0.05, 0.1) is 6.54 Å².